The first-order chi connectivity index (χ1) is 12.9. The van der Waals surface area contributed by atoms with Gasteiger partial charge in [-0.05, 0) is 37.9 Å². The fourth-order valence-electron chi connectivity index (χ4n) is 3.22. The van der Waals surface area contributed by atoms with Crippen LogP contribution in [0.25, 0.3) is 5.70 Å². The van der Waals surface area contributed by atoms with E-state index >= 15 is 0 Å². The SMILES string of the molecule is C=C1c2ccccc2C(=O)N1CC(=O)NCC(c1cccc(F)c1)N(C)C. The summed E-state index contributed by atoms with van der Waals surface area (Å²) >= 11 is 0. The zero-order valence-corrected chi connectivity index (χ0v) is 15.4. The van der Waals surface area contributed by atoms with Crippen molar-refractivity contribution in [1.82, 2.24) is 15.1 Å². The molecule has 0 fully saturated rings. The Morgan fingerprint density at radius 1 is 1.19 bits per heavy atom. The van der Waals surface area contributed by atoms with E-state index in [-0.39, 0.29) is 30.2 Å². The fourth-order valence-corrected chi connectivity index (χ4v) is 3.22. The van der Waals surface area contributed by atoms with E-state index in [1.54, 1.807) is 18.2 Å². The Bertz CT molecular complexity index is 860. The molecule has 1 atom stereocenters. The number of hydrogen-bond acceptors (Lipinski definition) is 3. The predicted molar refractivity (Wildman–Crippen MR) is 102 cm³/mol. The Balaban J connectivity index is 1.64. The second-order valence-electron chi connectivity index (χ2n) is 6.72. The smallest absolute Gasteiger partial charge is 0.259 e. The number of fused-ring (bicyclic) bond motifs is 1. The zero-order valence-electron chi connectivity index (χ0n) is 15.4. The van der Waals surface area contributed by atoms with Gasteiger partial charge in [0.2, 0.25) is 5.91 Å². The number of rotatable bonds is 6. The van der Waals surface area contributed by atoms with Crippen molar-refractivity contribution in [3.63, 3.8) is 0 Å². The van der Waals surface area contributed by atoms with Crippen molar-refractivity contribution >= 4 is 17.5 Å². The Morgan fingerprint density at radius 2 is 1.89 bits per heavy atom. The van der Waals surface area contributed by atoms with Crippen molar-refractivity contribution in [3.8, 4) is 0 Å². The first-order valence-corrected chi connectivity index (χ1v) is 8.67. The maximum Gasteiger partial charge on any atom is 0.259 e. The molecule has 2 aromatic carbocycles. The number of halogens is 1. The highest BCUT2D eigenvalue weighted by atomic mass is 19.1. The van der Waals surface area contributed by atoms with Gasteiger partial charge in [0.15, 0.2) is 0 Å². The lowest BCUT2D eigenvalue weighted by atomic mass is 10.1. The number of carbonyl (C=O) groups is 2. The number of amides is 2. The van der Waals surface area contributed by atoms with Gasteiger partial charge in [-0.15, -0.1) is 0 Å². The molecule has 0 radical (unpaired) electrons. The molecule has 0 spiro atoms. The molecule has 2 aromatic rings. The molecule has 1 unspecified atom stereocenters. The largest absolute Gasteiger partial charge is 0.353 e. The molecule has 1 N–H and O–H groups in total. The van der Waals surface area contributed by atoms with Crippen molar-refractivity contribution in [2.24, 2.45) is 0 Å². The van der Waals surface area contributed by atoms with E-state index in [0.29, 0.717) is 17.8 Å². The molecule has 3 rings (SSSR count). The molecule has 1 aliphatic heterocycles. The molecule has 0 bridgehead atoms. The van der Waals surface area contributed by atoms with E-state index in [1.165, 1.54) is 17.0 Å². The normalized spacial score (nSPS) is 14.4. The first kappa shape index (κ1) is 18.8. The highest BCUT2D eigenvalue weighted by Crippen LogP contribution is 2.30. The number of likely N-dealkylation sites (N-methyl/N-ethyl adjacent to an activating group) is 1. The highest BCUT2D eigenvalue weighted by molar-refractivity contribution is 6.10. The Hall–Kier alpha value is -2.99. The van der Waals surface area contributed by atoms with E-state index < -0.39 is 0 Å². The predicted octanol–water partition coefficient (Wildman–Crippen LogP) is 2.67. The zero-order chi connectivity index (χ0) is 19.6. The van der Waals surface area contributed by atoms with Gasteiger partial charge in [0, 0.05) is 23.4 Å². The van der Waals surface area contributed by atoms with Crippen molar-refractivity contribution in [2.45, 2.75) is 6.04 Å². The molecule has 1 aliphatic rings. The van der Waals surface area contributed by atoms with Crippen LogP contribution in [0.4, 0.5) is 4.39 Å². The molecule has 5 nitrogen and oxygen atoms in total. The van der Waals surface area contributed by atoms with Crippen LogP contribution in [-0.4, -0.2) is 48.8 Å². The van der Waals surface area contributed by atoms with Gasteiger partial charge >= 0.3 is 0 Å². The minimum atomic E-state index is -0.317. The summed E-state index contributed by atoms with van der Waals surface area (Å²) in [6.07, 6.45) is 0. The van der Waals surface area contributed by atoms with Crippen LogP contribution in [0.1, 0.15) is 27.5 Å². The topological polar surface area (TPSA) is 52.7 Å². The molecule has 1 heterocycles. The molecule has 0 saturated heterocycles. The fraction of sp³-hybridized carbons (Fsp3) is 0.238. The van der Waals surface area contributed by atoms with Gasteiger partial charge in [-0.25, -0.2) is 4.39 Å². The minimum Gasteiger partial charge on any atom is -0.353 e. The number of benzene rings is 2. The summed E-state index contributed by atoms with van der Waals surface area (Å²) in [4.78, 5) is 28.2. The molecule has 0 saturated carbocycles. The average Bonchev–Trinajstić information content (AvgIpc) is 2.87. The van der Waals surface area contributed by atoms with E-state index in [0.717, 1.165) is 11.1 Å². The van der Waals surface area contributed by atoms with Gasteiger partial charge in [0.1, 0.15) is 12.4 Å². The quantitative estimate of drug-likeness (QED) is 0.854. The molecule has 27 heavy (non-hydrogen) atoms. The Kier molecular flexibility index (Phi) is 5.37. The van der Waals surface area contributed by atoms with Crippen LogP contribution in [0, 0.1) is 5.82 Å². The van der Waals surface area contributed by atoms with Gasteiger partial charge in [-0.3, -0.25) is 14.5 Å². The third kappa shape index (κ3) is 3.90. The van der Waals surface area contributed by atoms with Crippen LogP contribution in [0.3, 0.4) is 0 Å². The molecule has 2 amide bonds. The average molecular weight is 367 g/mol. The molecular formula is C21H22FN3O2. The second kappa shape index (κ2) is 7.72. The third-order valence-electron chi connectivity index (χ3n) is 4.69. The molecule has 140 valence electrons. The van der Waals surface area contributed by atoms with Gasteiger partial charge in [0.05, 0.1) is 6.04 Å². The lowest BCUT2D eigenvalue weighted by molar-refractivity contribution is -0.121. The lowest BCUT2D eigenvalue weighted by Gasteiger charge is -2.26. The minimum absolute atomic E-state index is 0.102. The van der Waals surface area contributed by atoms with Crippen LogP contribution >= 0.6 is 0 Å². The Morgan fingerprint density at radius 3 is 2.52 bits per heavy atom. The summed E-state index contributed by atoms with van der Waals surface area (Å²) in [5, 5.41) is 2.84. The Labute approximate surface area is 158 Å². The van der Waals surface area contributed by atoms with Gasteiger partial charge in [0.25, 0.3) is 5.91 Å². The summed E-state index contributed by atoms with van der Waals surface area (Å²) in [7, 11) is 3.73. The summed E-state index contributed by atoms with van der Waals surface area (Å²) in [6, 6.07) is 13.3. The molecule has 0 aliphatic carbocycles. The maximum absolute atomic E-state index is 13.5. The van der Waals surface area contributed by atoms with Crippen molar-refractivity contribution in [3.05, 3.63) is 77.6 Å². The molecular weight excluding hydrogens is 345 g/mol. The van der Waals surface area contributed by atoms with E-state index in [4.69, 9.17) is 0 Å². The van der Waals surface area contributed by atoms with Gasteiger partial charge < -0.3 is 10.2 Å². The van der Waals surface area contributed by atoms with Gasteiger partial charge in [-0.2, -0.15) is 0 Å². The summed E-state index contributed by atoms with van der Waals surface area (Å²) in [6.45, 7) is 4.14. The second-order valence-corrected chi connectivity index (χ2v) is 6.72. The maximum atomic E-state index is 13.5. The van der Waals surface area contributed by atoms with E-state index in [1.807, 2.05) is 37.2 Å². The highest BCUT2D eigenvalue weighted by Gasteiger charge is 2.32. The molecule has 6 heteroatoms. The number of carbonyl (C=O) groups excluding carboxylic acids is 2. The number of nitrogens with one attached hydrogen (secondary N) is 1. The van der Waals surface area contributed by atoms with Crippen LogP contribution in [0.5, 0.6) is 0 Å². The van der Waals surface area contributed by atoms with Crippen molar-refractivity contribution in [2.75, 3.05) is 27.2 Å². The summed E-state index contributed by atoms with van der Waals surface area (Å²) < 4.78 is 13.5. The number of hydrogen-bond donors (Lipinski definition) is 1. The van der Waals surface area contributed by atoms with Crippen LogP contribution in [-0.2, 0) is 4.79 Å². The van der Waals surface area contributed by atoms with Crippen LogP contribution < -0.4 is 5.32 Å². The third-order valence-corrected chi connectivity index (χ3v) is 4.69. The molecule has 0 aromatic heterocycles. The van der Waals surface area contributed by atoms with E-state index in [2.05, 4.69) is 11.9 Å². The summed E-state index contributed by atoms with van der Waals surface area (Å²) in [5.74, 6) is -0.831. The van der Waals surface area contributed by atoms with E-state index in [9.17, 15) is 14.0 Å². The van der Waals surface area contributed by atoms with Crippen molar-refractivity contribution < 1.29 is 14.0 Å². The van der Waals surface area contributed by atoms with Crippen LogP contribution in [0.2, 0.25) is 0 Å². The van der Waals surface area contributed by atoms with Crippen molar-refractivity contribution in [1.29, 1.82) is 0 Å². The summed E-state index contributed by atoms with van der Waals surface area (Å²) in [5.41, 5.74) is 2.61. The van der Waals surface area contributed by atoms with Gasteiger partial charge in [-0.1, -0.05) is 36.9 Å². The number of nitrogens with zero attached hydrogens (tertiary/aromatic N) is 2. The van der Waals surface area contributed by atoms with Crippen LogP contribution in [0.15, 0.2) is 55.1 Å². The lowest BCUT2D eigenvalue weighted by Crippen LogP contribution is -2.40. The standard InChI is InChI=1S/C21H22FN3O2/c1-14-17-9-4-5-10-18(17)21(27)25(14)13-20(26)23-12-19(24(2)3)15-7-6-8-16(22)11-15/h4-11,19H,1,12-13H2,2-3H3,(H,23,26). The first-order valence-electron chi connectivity index (χ1n) is 8.67. The monoisotopic (exact) mass is 367 g/mol.